The van der Waals surface area contributed by atoms with Gasteiger partial charge in [0.05, 0.1) is 19.2 Å². The maximum absolute atomic E-state index is 12.3. The van der Waals surface area contributed by atoms with E-state index in [2.05, 4.69) is 5.32 Å². The van der Waals surface area contributed by atoms with Crippen molar-refractivity contribution in [3.05, 3.63) is 58.6 Å². The third-order valence-electron chi connectivity index (χ3n) is 3.82. The second kappa shape index (κ2) is 9.19. The van der Waals surface area contributed by atoms with E-state index >= 15 is 0 Å². The second-order valence-corrected chi connectivity index (χ2v) is 6.29. The van der Waals surface area contributed by atoms with E-state index in [1.54, 1.807) is 42.5 Å². The molecule has 0 aliphatic heterocycles. The maximum Gasteiger partial charge on any atom is 0.311 e. The van der Waals surface area contributed by atoms with Gasteiger partial charge >= 0.3 is 5.97 Å². The lowest BCUT2D eigenvalue weighted by Gasteiger charge is -2.15. The van der Waals surface area contributed by atoms with Gasteiger partial charge in [-0.2, -0.15) is 0 Å². The molecule has 0 fully saturated rings. The first kappa shape index (κ1) is 20.5. The minimum atomic E-state index is -1.04. The van der Waals surface area contributed by atoms with Crippen molar-refractivity contribution >= 4 is 34.9 Å². The van der Waals surface area contributed by atoms with Crippen molar-refractivity contribution in [3.8, 4) is 5.75 Å². The Morgan fingerprint density at radius 2 is 1.85 bits per heavy atom. The Morgan fingerprint density at radius 3 is 2.52 bits per heavy atom. The van der Waals surface area contributed by atoms with E-state index in [1.807, 2.05) is 0 Å². The van der Waals surface area contributed by atoms with Crippen LogP contribution >= 0.6 is 11.6 Å². The Bertz CT molecular complexity index is 865. The molecule has 0 unspecified atom stereocenters. The van der Waals surface area contributed by atoms with Gasteiger partial charge in [0.2, 0.25) is 0 Å². The van der Waals surface area contributed by atoms with Gasteiger partial charge in [-0.15, -0.1) is 0 Å². The third-order valence-corrected chi connectivity index (χ3v) is 4.05. The van der Waals surface area contributed by atoms with Crippen LogP contribution in [0.5, 0.6) is 5.75 Å². The smallest absolute Gasteiger partial charge is 0.311 e. The van der Waals surface area contributed by atoms with Gasteiger partial charge in [0.1, 0.15) is 5.75 Å². The zero-order chi connectivity index (χ0) is 20.0. The number of rotatable bonds is 7. The van der Waals surface area contributed by atoms with Crippen LogP contribution in [0, 0.1) is 0 Å². The van der Waals surface area contributed by atoms with Crippen LogP contribution in [-0.2, 0) is 20.7 Å². The first-order valence-corrected chi connectivity index (χ1v) is 8.62. The zero-order valence-corrected chi connectivity index (χ0v) is 16.0. The van der Waals surface area contributed by atoms with Gasteiger partial charge in [0, 0.05) is 16.1 Å². The van der Waals surface area contributed by atoms with Gasteiger partial charge in [-0.1, -0.05) is 23.7 Å². The monoisotopic (exact) mass is 389 g/mol. The lowest BCUT2D eigenvalue weighted by Crippen LogP contribution is -2.31. The average molecular weight is 390 g/mol. The summed E-state index contributed by atoms with van der Waals surface area (Å²) in [4.78, 5) is 36.1. The van der Waals surface area contributed by atoms with Crippen LogP contribution in [0.3, 0.4) is 0 Å². The molecule has 0 aliphatic rings. The molecular weight excluding hydrogens is 370 g/mol. The first-order valence-electron chi connectivity index (χ1n) is 8.24. The van der Waals surface area contributed by atoms with Gasteiger partial charge in [-0.3, -0.25) is 14.4 Å². The predicted molar refractivity (Wildman–Crippen MR) is 102 cm³/mol. The number of hydrogen-bond donors (Lipinski definition) is 1. The molecule has 6 nitrogen and oxygen atoms in total. The molecule has 0 aliphatic carbocycles. The van der Waals surface area contributed by atoms with Crippen LogP contribution in [0.25, 0.3) is 0 Å². The quantitative estimate of drug-likeness (QED) is 0.577. The summed E-state index contributed by atoms with van der Waals surface area (Å²) in [6.45, 7) is 2.87. The molecule has 7 heteroatoms. The number of Topliss-reactive ketones (excluding diaryl/α,β-unsaturated/α-hetero) is 1. The number of carbonyl (C=O) groups is 3. The van der Waals surface area contributed by atoms with E-state index in [0.29, 0.717) is 27.6 Å². The molecule has 0 spiro atoms. The highest BCUT2D eigenvalue weighted by molar-refractivity contribution is 6.30. The standard InChI is InChI=1S/C20H20ClNO5/c1-12(23)16-6-4-5-7-17(16)22-20(25)13(2)27-19(24)11-14-10-15(21)8-9-18(14)26-3/h4-10,13H,11H2,1-3H3,(H,22,25)/t13-/m1/s1. The van der Waals surface area contributed by atoms with Gasteiger partial charge in [-0.25, -0.2) is 0 Å². The molecule has 0 aromatic heterocycles. The van der Waals surface area contributed by atoms with Crippen molar-refractivity contribution in [2.75, 3.05) is 12.4 Å². The van der Waals surface area contributed by atoms with E-state index < -0.39 is 18.0 Å². The number of ether oxygens (including phenoxy) is 2. The van der Waals surface area contributed by atoms with E-state index in [0.717, 1.165) is 0 Å². The minimum Gasteiger partial charge on any atom is -0.496 e. The summed E-state index contributed by atoms with van der Waals surface area (Å²) < 4.78 is 10.4. The molecule has 1 amide bonds. The van der Waals surface area contributed by atoms with Gasteiger partial charge in [0.25, 0.3) is 5.91 Å². The summed E-state index contributed by atoms with van der Waals surface area (Å²) in [6, 6.07) is 11.5. The summed E-state index contributed by atoms with van der Waals surface area (Å²) in [5.74, 6) is -0.805. The molecular formula is C20H20ClNO5. The van der Waals surface area contributed by atoms with E-state index in [9.17, 15) is 14.4 Å². The number of nitrogens with one attached hydrogen (secondary N) is 1. The predicted octanol–water partition coefficient (Wildman–Crippen LogP) is 3.66. The Labute approximate surface area is 162 Å². The molecule has 2 aromatic carbocycles. The average Bonchev–Trinajstić information content (AvgIpc) is 2.62. The molecule has 2 rings (SSSR count). The lowest BCUT2D eigenvalue weighted by molar-refractivity contribution is -0.152. The third kappa shape index (κ3) is 5.56. The van der Waals surface area contributed by atoms with Gasteiger partial charge < -0.3 is 14.8 Å². The fourth-order valence-electron chi connectivity index (χ4n) is 2.47. The largest absolute Gasteiger partial charge is 0.496 e. The van der Waals surface area contributed by atoms with Crippen molar-refractivity contribution in [1.29, 1.82) is 0 Å². The molecule has 0 bridgehead atoms. The van der Waals surface area contributed by atoms with Crippen molar-refractivity contribution in [2.24, 2.45) is 0 Å². The SMILES string of the molecule is COc1ccc(Cl)cc1CC(=O)O[C@H](C)C(=O)Nc1ccccc1C(C)=O. The summed E-state index contributed by atoms with van der Waals surface area (Å²) in [5, 5.41) is 3.07. The van der Waals surface area contributed by atoms with Crippen LogP contribution in [0.2, 0.25) is 5.02 Å². The fraction of sp³-hybridized carbons (Fsp3) is 0.250. The first-order chi connectivity index (χ1) is 12.8. The Hall–Kier alpha value is -2.86. The minimum absolute atomic E-state index is 0.0919. The molecule has 0 heterocycles. The molecule has 27 heavy (non-hydrogen) atoms. The Balaban J connectivity index is 2.01. The van der Waals surface area contributed by atoms with E-state index in [4.69, 9.17) is 21.1 Å². The topological polar surface area (TPSA) is 81.7 Å². The highest BCUT2D eigenvalue weighted by Gasteiger charge is 2.20. The Kier molecular flexibility index (Phi) is 6.96. The highest BCUT2D eigenvalue weighted by Crippen LogP contribution is 2.23. The number of benzene rings is 2. The van der Waals surface area contributed by atoms with Crippen molar-refractivity contribution in [2.45, 2.75) is 26.4 Å². The summed E-state index contributed by atoms with van der Waals surface area (Å²) in [6.07, 6.45) is -1.13. The summed E-state index contributed by atoms with van der Waals surface area (Å²) in [5.41, 5.74) is 1.31. The molecule has 2 aromatic rings. The van der Waals surface area contributed by atoms with E-state index in [1.165, 1.54) is 21.0 Å². The van der Waals surface area contributed by atoms with Crippen LogP contribution in [0.4, 0.5) is 5.69 Å². The highest BCUT2D eigenvalue weighted by atomic mass is 35.5. The number of halogens is 1. The van der Waals surface area contributed by atoms with Crippen LogP contribution in [-0.4, -0.2) is 30.9 Å². The normalized spacial score (nSPS) is 11.4. The number of hydrogen-bond acceptors (Lipinski definition) is 5. The van der Waals surface area contributed by atoms with Gasteiger partial charge in [-0.05, 0) is 44.2 Å². The molecule has 0 radical (unpaired) electrons. The lowest BCUT2D eigenvalue weighted by atomic mass is 10.1. The van der Waals surface area contributed by atoms with Crippen molar-refractivity contribution in [3.63, 3.8) is 0 Å². The van der Waals surface area contributed by atoms with Crippen LogP contribution in [0.1, 0.15) is 29.8 Å². The molecule has 1 atom stereocenters. The van der Waals surface area contributed by atoms with Crippen molar-refractivity contribution < 1.29 is 23.9 Å². The zero-order valence-electron chi connectivity index (χ0n) is 15.2. The molecule has 1 N–H and O–H groups in total. The van der Waals surface area contributed by atoms with E-state index in [-0.39, 0.29) is 12.2 Å². The number of anilines is 1. The number of methoxy groups -OCH3 is 1. The maximum atomic E-state index is 12.3. The summed E-state index contributed by atoms with van der Waals surface area (Å²) >= 11 is 5.94. The number of amides is 1. The number of ketones is 1. The second-order valence-electron chi connectivity index (χ2n) is 5.86. The van der Waals surface area contributed by atoms with Crippen LogP contribution < -0.4 is 10.1 Å². The fourth-order valence-corrected chi connectivity index (χ4v) is 2.66. The number of esters is 1. The van der Waals surface area contributed by atoms with Gasteiger partial charge in [0.15, 0.2) is 11.9 Å². The van der Waals surface area contributed by atoms with Crippen LogP contribution in [0.15, 0.2) is 42.5 Å². The van der Waals surface area contributed by atoms with Crippen molar-refractivity contribution in [1.82, 2.24) is 0 Å². The number of carbonyl (C=O) groups excluding carboxylic acids is 3. The molecule has 0 saturated carbocycles. The summed E-state index contributed by atoms with van der Waals surface area (Å²) in [7, 11) is 1.49. The molecule has 0 saturated heterocycles. The Morgan fingerprint density at radius 1 is 1.15 bits per heavy atom. The number of para-hydroxylation sites is 1. The molecule has 142 valence electrons.